The van der Waals surface area contributed by atoms with Crippen LogP contribution in [-0.2, 0) is 9.53 Å². The number of aliphatic hydroxyl groups is 1. The summed E-state index contributed by atoms with van der Waals surface area (Å²) in [6.07, 6.45) is 44.0. The number of aliphatic hydroxyl groups excluding tert-OH is 1. The van der Waals surface area contributed by atoms with Crippen LogP contribution in [0.1, 0.15) is 233 Å². The van der Waals surface area contributed by atoms with E-state index in [2.05, 4.69) is 42.1 Å². The molecule has 6 nitrogen and oxygen atoms in total. The molecule has 1 aromatic heterocycles. The average Bonchev–Trinajstić information content (AvgIpc) is 3.69. The third-order valence-electron chi connectivity index (χ3n) is 11.2. The SMILES string of the molecule is CCCCCCCCCCCCC(O)CN(CCCCCCOC(=O)C(CCCCCCCC)CCCCCCCCCC)CC(C)n1ccnc1. The summed E-state index contributed by atoms with van der Waals surface area (Å²) in [5.74, 6) is 0.150. The summed E-state index contributed by atoms with van der Waals surface area (Å²) in [6.45, 7) is 12.3. The molecule has 3 unspecified atom stereocenters. The smallest absolute Gasteiger partial charge is 0.308 e. The van der Waals surface area contributed by atoms with Gasteiger partial charge in [-0.25, -0.2) is 4.98 Å². The zero-order valence-corrected chi connectivity index (χ0v) is 35.3. The molecular formula is C46H89N3O3. The number of ether oxygens (including phenoxy) is 1. The van der Waals surface area contributed by atoms with Gasteiger partial charge in [-0.15, -0.1) is 0 Å². The van der Waals surface area contributed by atoms with Crippen molar-refractivity contribution < 1.29 is 14.6 Å². The van der Waals surface area contributed by atoms with E-state index in [4.69, 9.17) is 4.74 Å². The van der Waals surface area contributed by atoms with E-state index in [-0.39, 0.29) is 18.0 Å². The summed E-state index contributed by atoms with van der Waals surface area (Å²) in [4.78, 5) is 19.9. The number of aromatic nitrogens is 2. The van der Waals surface area contributed by atoms with Crippen LogP contribution in [-0.4, -0.2) is 57.9 Å². The Morgan fingerprint density at radius 1 is 0.615 bits per heavy atom. The molecule has 1 heterocycles. The number of unbranched alkanes of at least 4 members (excludes halogenated alkanes) is 24. The van der Waals surface area contributed by atoms with Crippen molar-refractivity contribution in [2.45, 2.75) is 239 Å². The van der Waals surface area contributed by atoms with Crippen LogP contribution < -0.4 is 0 Å². The Morgan fingerprint density at radius 3 is 1.54 bits per heavy atom. The van der Waals surface area contributed by atoms with E-state index in [9.17, 15) is 9.90 Å². The Morgan fingerprint density at radius 2 is 1.06 bits per heavy atom. The van der Waals surface area contributed by atoms with Gasteiger partial charge in [0, 0.05) is 31.5 Å². The van der Waals surface area contributed by atoms with E-state index >= 15 is 0 Å². The van der Waals surface area contributed by atoms with Crippen molar-refractivity contribution in [3.05, 3.63) is 18.7 Å². The Bertz CT molecular complexity index is 863. The standard InChI is InChI=1S/C46H89N3O3/c1-5-8-11-14-17-19-20-22-25-30-35-45(50)41-48(40-43(4)49-38-36-47-42-49)37-31-26-27-32-39-52-46(51)44(33-28-23-16-13-10-7-3)34-29-24-21-18-15-12-9-6-2/h36,38,42-45,50H,5-35,37,39-41H2,1-4H3. The van der Waals surface area contributed by atoms with E-state index in [0.717, 1.165) is 83.8 Å². The predicted octanol–water partition coefficient (Wildman–Crippen LogP) is 13.4. The first-order valence-corrected chi connectivity index (χ1v) is 23.1. The van der Waals surface area contributed by atoms with Crippen LogP contribution in [0.2, 0.25) is 0 Å². The van der Waals surface area contributed by atoms with Crippen molar-refractivity contribution >= 4 is 5.97 Å². The van der Waals surface area contributed by atoms with Gasteiger partial charge in [0.05, 0.1) is 25.0 Å². The lowest BCUT2D eigenvalue weighted by Gasteiger charge is -2.28. The summed E-state index contributed by atoms with van der Waals surface area (Å²) in [6, 6.07) is 0.321. The van der Waals surface area contributed by atoms with Crippen LogP contribution >= 0.6 is 0 Å². The number of imidazole rings is 1. The molecule has 0 aliphatic rings. The number of esters is 1. The molecule has 3 atom stereocenters. The first-order chi connectivity index (χ1) is 25.5. The predicted molar refractivity (Wildman–Crippen MR) is 224 cm³/mol. The van der Waals surface area contributed by atoms with Gasteiger partial charge in [-0.1, -0.05) is 188 Å². The number of rotatable bonds is 40. The van der Waals surface area contributed by atoms with E-state index in [1.165, 1.54) is 135 Å². The van der Waals surface area contributed by atoms with Crippen LogP contribution in [0.15, 0.2) is 18.7 Å². The van der Waals surface area contributed by atoms with Crippen molar-refractivity contribution in [3.8, 4) is 0 Å². The maximum atomic E-state index is 13.2. The topological polar surface area (TPSA) is 67.6 Å². The first-order valence-electron chi connectivity index (χ1n) is 23.1. The molecular weight excluding hydrogens is 643 g/mol. The molecule has 1 aromatic rings. The van der Waals surface area contributed by atoms with Crippen LogP contribution in [0.4, 0.5) is 0 Å². The quantitative estimate of drug-likeness (QED) is 0.0538. The molecule has 0 saturated heterocycles. The minimum absolute atomic E-state index is 0.0626. The summed E-state index contributed by atoms with van der Waals surface area (Å²) >= 11 is 0. The van der Waals surface area contributed by atoms with Crippen molar-refractivity contribution in [2.24, 2.45) is 5.92 Å². The van der Waals surface area contributed by atoms with Gasteiger partial charge in [0.25, 0.3) is 0 Å². The van der Waals surface area contributed by atoms with Crippen molar-refractivity contribution in [3.63, 3.8) is 0 Å². The molecule has 0 bridgehead atoms. The molecule has 0 saturated carbocycles. The summed E-state index contributed by atoms with van der Waals surface area (Å²) in [5.41, 5.74) is 0. The molecule has 52 heavy (non-hydrogen) atoms. The molecule has 6 heteroatoms. The highest BCUT2D eigenvalue weighted by Crippen LogP contribution is 2.22. The number of hydrogen-bond donors (Lipinski definition) is 1. The van der Waals surface area contributed by atoms with Gasteiger partial charge in [0.2, 0.25) is 0 Å². The first kappa shape index (κ1) is 48.6. The third-order valence-corrected chi connectivity index (χ3v) is 11.2. The second-order valence-electron chi connectivity index (χ2n) is 16.3. The molecule has 0 amide bonds. The van der Waals surface area contributed by atoms with Gasteiger partial charge in [0.15, 0.2) is 0 Å². The van der Waals surface area contributed by atoms with Crippen molar-refractivity contribution in [2.75, 3.05) is 26.2 Å². The fourth-order valence-electron chi connectivity index (χ4n) is 7.67. The number of carbonyl (C=O) groups is 1. The van der Waals surface area contributed by atoms with E-state index in [0.29, 0.717) is 12.6 Å². The van der Waals surface area contributed by atoms with Crippen LogP contribution in [0.3, 0.4) is 0 Å². The normalized spacial score (nSPS) is 13.5. The molecule has 0 radical (unpaired) electrons. The molecule has 0 aliphatic carbocycles. The maximum absolute atomic E-state index is 13.2. The molecule has 1 N–H and O–H groups in total. The van der Waals surface area contributed by atoms with Crippen molar-refractivity contribution in [1.29, 1.82) is 0 Å². The van der Waals surface area contributed by atoms with Gasteiger partial charge >= 0.3 is 5.97 Å². The van der Waals surface area contributed by atoms with Gasteiger partial charge < -0.3 is 14.4 Å². The fourth-order valence-corrected chi connectivity index (χ4v) is 7.67. The van der Waals surface area contributed by atoms with E-state index < -0.39 is 0 Å². The Labute approximate surface area is 324 Å². The third kappa shape index (κ3) is 29.0. The molecule has 1 rings (SSSR count). The highest BCUT2D eigenvalue weighted by molar-refractivity contribution is 5.72. The summed E-state index contributed by atoms with van der Waals surface area (Å²) < 4.78 is 8.06. The lowest BCUT2D eigenvalue weighted by atomic mass is 9.94. The highest BCUT2D eigenvalue weighted by Gasteiger charge is 2.20. The number of hydrogen-bond acceptors (Lipinski definition) is 5. The Kier molecular flexibility index (Phi) is 34.2. The minimum atomic E-state index is -0.265. The molecule has 0 spiro atoms. The van der Waals surface area contributed by atoms with Gasteiger partial charge in [-0.3, -0.25) is 9.69 Å². The zero-order valence-electron chi connectivity index (χ0n) is 35.3. The van der Waals surface area contributed by atoms with Crippen molar-refractivity contribution in [1.82, 2.24) is 14.5 Å². The number of carbonyl (C=O) groups excluding carboxylic acids is 1. The fraction of sp³-hybridized carbons (Fsp3) is 0.913. The van der Waals surface area contributed by atoms with Crippen LogP contribution in [0.25, 0.3) is 0 Å². The second kappa shape index (κ2) is 36.6. The second-order valence-corrected chi connectivity index (χ2v) is 16.3. The van der Waals surface area contributed by atoms with Gasteiger partial charge in [-0.05, 0) is 45.6 Å². The maximum Gasteiger partial charge on any atom is 0.308 e. The van der Waals surface area contributed by atoms with Gasteiger partial charge in [0.1, 0.15) is 0 Å². The molecule has 306 valence electrons. The molecule has 0 fully saturated rings. The van der Waals surface area contributed by atoms with E-state index in [1.807, 2.05) is 18.7 Å². The Balaban J connectivity index is 2.37. The molecule has 0 aliphatic heterocycles. The lowest BCUT2D eigenvalue weighted by Crippen LogP contribution is -2.37. The lowest BCUT2D eigenvalue weighted by molar-refractivity contribution is -0.149. The van der Waals surface area contributed by atoms with E-state index in [1.54, 1.807) is 0 Å². The Hall–Kier alpha value is -1.40. The summed E-state index contributed by atoms with van der Waals surface area (Å²) in [7, 11) is 0. The monoisotopic (exact) mass is 732 g/mol. The largest absolute Gasteiger partial charge is 0.465 e. The summed E-state index contributed by atoms with van der Waals surface area (Å²) in [5, 5.41) is 11.0. The van der Waals surface area contributed by atoms with Crippen LogP contribution in [0, 0.1) is 5.92 Å². The zero-order chi connectivity index (χ0) is 37.7. The van der Waals surface area contributed by atoms with Gasteiger partial charge in [-0.2, -0.15) is 0 Å². The highest BCUT2D eigenvalue weighted by atomic mass is 16.5. The van der Waals surface area contributed by atoms with Crippen LogP contribution in [0.5, 0.6) is 0 Å². The number of nitrogens with zero attached hydrogens (tertiary/aromatic N) is 3. The molecule has 0 aromatic carbocycles. The minimum Gasteiger partial charge on any atom is -0.465 e. The average molecular weight is 732 g/mol.